The highest BCUT2D eigenvalue weighted by Gasteiger charge is 2.13. The SMILES string of the molecule is CCCC(CS)CSc1ccc2c(c1)OCCO2. The zero-order valence-corrected chi connectivity index (χ0v) is 12.4. The van der Waals surface area contributed by atoms with E-state index in [2.05, 4.69) is 31.7 Å². The summed E-state index contributed by atoms with van der Waals surface area (Å²) < 4.78 is 11.1. The number of fused-ring (bicyclic) bond motifs is 1. The van der Waals surface area contributed by atoms with Crippen LogP contribution in [0.4, 0.5) is 0 Å². The molecule has 0 aliphatic carbocycles. The fraction of sp³-hybridized carbons (Fsp3) is 0.571. The van der Waals surface area contributed by atoms with Gasteiger partial charge in [-0.05, 0) is 36.3 Å². The summed E-state index contributed by atoms with van der Waals surface area (Å²) in [5, 5.41) is 0. The van der Waals surface area contributed by atoms with E-state index in [1.54, 1.807) is 0 Å². The number of thioether (sulfide) groups is 1. The van der Waals surface area contributed by atoms with Gasteiger partial charge in [-0.15, -0.1) is 11.8 Å². The molecule has 100 valence electrons. The lowest BCUT2D eigenvalue weighted by atomic mass is 10.1. The normalized spacial score (nSPS) is 15.4. The summed E-state index contributed by atoms with van der Waals surface area (Å²) in [7, 11) is 0. The van der Waals surface area contributed by atoms with E-state index in [-0.39, 0.29) is 0 Å². The lowest BCUT2D eigenvalue weighted by Gasteiger charge is -2.19. The van der Waals surface area contributed by atoms with Gasteiger partial charge in [0.1, 0.15) is 13.2 Å². The summed E-state index contributed by atoms with van der Waals surface area (Å²) in [4.78, 5) is 1.25. The fourth-order valence-corrected chi connectivity index (χ4v) is 3.52. The van der Waals surface area contributed by atoms with Gasteiger partial charge >= 0.3 is 0 Å². The molecule has 0 fully saturated rings. The van der Waals surface area contributed by atoms with Crippen molar-refractivity contribution in [2.75, 3.05) is 24.7 Å². The Morgan fingerprint density at radius 1 is 1.28 bits per heavy atom. The van der Waals surface area contributed by atoms with Crippen LogP contribution in [0.5, 0.6) is 11.5 Å². The van der Waals surface area contributed by atoms with Crippen molar-refractivity contribution in [2.45, 2.75) is 24.7 Å². The molecule has 1 aromatic rings. The zero-order chi connectivity index (χ0) is 12.8. The summed E-state index contributed by atoms with van der Waals surface area (Å²) in [6, 6.07) is 6.20. The van der Waals surface area contributed by atoms with Gasteiger partial charge < -0.3 is 9.47 Å². The summed E-state index contributed by atoms with van der Waals surface area (Å²) in [5.41, 5.74) is 0. The first-order valence-corrected chi connectivity index (χ1v) is 8.08. The van der Waals surface area contributed by atoms with Gasteiger partial charge in [-0.3, -0.25) is 0 Å². The third-order valence-electron chi connectivity index (χ3n) is 2.95. The Morgan fingerprint density at radius 3 is 2.78 bits per heavy atom. The molecule has 2 rings (SSSR count). The highest BCUT2D eigenvalue weighted by atomic mass is 32.2. The van der Waals surface area contributed by atoms with Gasteiger partial charge in [0.25, 0.3) is 0 Å². The van der Waals surface area contributed by atoms with E-state index in [1.807, 2.05) is 17.8 Å². The molecule has 4 heteroatoms. The van der Waals surface area contributed by atoms with Crippen LogP contribution in [0, 0.1) is 5.92 Å². The topological polar surface area (TPSA) is 18.5 Å². The minimum Gasteiger partial charge on any atom is -0.486 e. The van der Waals surface area contributed by atoms with E-state index >= 15 is 0 Å². The number of rotatable bonds is 6. The second-order valence-corrected chi connectivity index (χ2v) is 5.91. The molecule has 0 bridgehead atoms. The molecule has 0 spiro atoms. The van der Waals surface area contributed by atoms with E-state index in [0.29, 0.717) is 19.1 Å². The minimum atomic E-state index is 0.649. The third-order valence-corrected chi connectivity index (χ3v) is 4.70. The Hall–Kier alpha value is -0.480. The van der Waals surface area contributed by atoms with Crippen molar-refractivity contribution < 1.29 is 9.47 Å². The van der Waals surface area contributed by atoms with Crippen molar-refractivity contribution in [1.29, 1.82) is 0 Å². The molecule has 1 aliphatic rings. The predicted molar refractivity (Wildman–Crippen MR) is 80.4 cm³/mol. The molecule has 1 aromatic carbocycles. The molecule has 1 heterocycles. The zero-order valence-electron chi connectivity index (χ0n) is 10.7. The van der Waals surface area contributed by atoms with Crippen LogP contribution in [0.15, 0.2) is 23.1 Å². The van der Waals surface area contributed by atoms with Gasteiger partial charge in [-0.1, -0.05) is 13.3 Å². The third kappa shape index (κ3) is 3.75. The van der Waals surface area contributed by atoms with Crippen molar-refractivity contribution in [3.63, 3.8) is 0 Å². The number of ether oxygens (including phenoxy) is 2. The van der Waals surface area contributed by atoms with Crippen LogP contribution >= 0.6 is 24.4 Å². The summed E-state index contributed by atoms with van der Waals surface area (Å²) in [5.74, 6) is 4.52. The highest BCUT2D eigenvalue weighted by Crippen LogP contribution is 2.35. The highest BCUT2D eigenvalue weighted by molar-refractivity contribution is 7.99. The monoisotopic (exact) mass is 284 g/mol. The first-order valence-electron chi connectivity index (χ1n) is 6.46. The summed E-state index contributed by atoms with van der Waals surface area (Å²) in [6.07, 6.45) is 2.48. The van der Waals surface area contributed by atoms with Crippen LogP contribution in [0.3, 0.4) is 0 Å². The number of hydrogen-bond acceptors (Lipinski definition) is 4. The molecule has 0 saturated heterocycles. The quantitative estimate of drug-likeness (QED) is 0.631. The van der Waals surface area contributed by atoms with Crippen molar-refractivity contribution in [3.05, 3.63) is 18.2 Å². The van der Waals surface area contributed by atoms with E-state index in [1.165, 1.54) is 17.7 Å². The van der Waals surface area contributed by atoms with Crippen molar-refractivity contribution in [1.82, 2.24) is 0 Å². The smallest absolute Gasteiger partial charge is 0.162 e. The maximum atomic E-state index is 5.59. The Kier molecular flexibility index (Phi) is 5.57. The molecule has 0 radical (unpaired) electrons. The number of hydrogen-bond donors (Lipinski definition) is 1. The molecule has 0 aromatic heterocycles. The van der Waals surface area contributed by atoms with Crippen LogP contribution in [0.25, 0.3) is 0 Å². The average Bonchev–Trinajstić information content (AvgIpc) is 2.43. The van der Waals surface area contributed by atoms with Gasteiger partial charge in [0, 0.05) is 10.6 Å². The molecule has 18 heavy (non-hydrogen) atoms. The average molecular weight is 284 g/mol. The lowest BCUT2D eigenvalue weighted by Crippen LogP contribution is -2.15. The maximum Gasteiger partial charge on any atom is 0.162 e. The van der Waals surface area contributed by atoms with Crippen LogP contribution in [-0.4, -0.2) is 24.7 Å². The molecule has 0 amide bonds. The fourth-order valence-electron chi connectivity index (χ4n) is 1.96. The van der Waals surface area contributed by atoms with Crippen LogP contribution in [-0.2, 0) is 0 Å². The largest absolute Gasteiger partial charge is 0.486 e. The van der Waals surface area contributed by atoms with Crippen molar-refractivity contribution in [2.24, 2.45) is 5.92 Å². The molecule has 1 aliphatic heterocycles. The van der Waals surface area contributed by atoms with Gasteiger partial charge in [0.2, 0.25) is 0 Å². The van der Waals surface area contributed by atoms with Gasteiger partial charge in [-0.25, -0.2) is 0 Å². The molecule has 1 atom stereocenters. The number of thiol groups is 1. The Morgan fingerprint density at radius 2 is 2.06 bits per heavy atom. The second kappa shape index (κ2) is 7.19. The van der Waals surface area contributed by atoms with Gasteiger partial charge in [0.05, 0.1) is 0 Å². The summed E-state index contributed by atoms with van der Waals surface area (Å²) in [6.45, 7) is 3.53. The van der Waals surface area contributed by atoms with Gasteiger partial charge in [-0.2, -0.15) is 12.6 Å². The lowest BCUT2D eigenvalue weighted by molar-refractivity contribution is 0.171. The van der Waals surface area contributed by atoms with Crippen LogP contribution in [0.1, 0.15) is 19.8 Å². The van der Waals surface area contributed by atoms with E-state index in [9.17, 15) is 0 Å². The minimum absolute atomic E-state index is 0.649. The molecule has 0 N–H and O–H groups in total. The Balaban J connectivity index is 1.93. The molecule has 2 nitrogen and oxygen atoms in total. The molecule has 0 saturated carbocycles. The van der Waals surface area contributed by atoms with E-state index in [4.69, 9.17) is 9.47 Å². The maximum absolute atomic E-state index is 5.59. The van der Waals surface area contributed by atoms with Crippen molar-refractivity contribution >= 4 is 24.4 Å². The molecular formula is C14H20O2S2. The van der Waals surface area contributed by atoms with Crippen molar-refractivity contribution in [3.8, 4) is 11.5 Å². The second-order valence-electron chi connectivity index (χ2n) is 4.45. The van der Waals surface area contributed by atoms with E-state index < -0.39 is 0 Å². The first-order chi connectivity index (χ1) is 8.83. The molecular weight excluding hydrogens is 264 g/mol. The Labute approximate surface area is 119 Å². The number of benzene rings is 1. The van der Waals surface area contributed by atoms with Crippen LogP contribution < -0.4 is 9.47 Å². The van der Waals surface area contributed by atoms with Gasteiger partial charge in [0.15, 0.2) is 11.5 Å². The molecule has 1 unspecified atom stereocenters. The van der Waals surface area contributed by atoms with Crippen LogP contribution in [0.2, 0.25) is 0 Å². The first kappa shape index (κ1) is 13.9. The standard InChI is InChI=1S/C14H20O2S2/c1-2-3-11(9-17)10-18-12-4-5-13-14(8-12)16-7-6-15-13/h4-5,8,11,17H,2-3,6-7,9-10H2,1H3. The van der Waals surface area contributed by atoms with E-state index in [0.717, 1.165) is 23.0 Å². The predicted octanol–water partition coefficient (Wildman–Crippen LogP) is 3.90. The Bertz CT molecular complexity index is 382. The summed E-state index contributed by atoms with van der Waals surface area (Å²) >= 11 is 6.30.